The lowest BCUT2D eigenvalue weighted by atomic mass is 9.95. The van der Waals surface area contributed by atoms with Gasteiger partial charge in [0.25, 0.3) is 0 Å². The highest BCUT2D eigenvalue weighted by Gasteiger charge is 2.52. The summed E-state index contributed by atoms with van der Waals surface area (Å²) >= 11 is 0. The molecular weight excluding hydrogens is 668 g/mol. The number of carbonyl (C=O) groups excluding carboxylic acids is 3. The van der Waals surface area contributed by atoms with E-state index < -0.39 is 118 Å². The molecule has 0 aromatic rings. The first-order valence-electron chi connectivity index (χ1n) is 15.6. The molecule has 0 unspecified atom stereocenters. The summed E-state index contributed by atoms with van der Waals surface area (Å²) in [5, 5.41) is 105. The number of Topliss-reactive ketones (excluding diaryl/α,β-unsaturated/α-hetero) is 2. The number of hydrogen-bond donors (Lipinski definition) is 11. The van der Waals surface area contributed by atoms with Crippen LogP contribution in [0.4, 0.5) is 0 Å². The van der Waals surface area contributed by atoms with Crippen molar-refractivity contribution >= 4 is 17.5 Å². The van der Waals surface area contributed by atoms with E-state index in [1.807, 2.05) is 0 Å². The first kappa shape index (κ1) is 41.5. The molecule has 3 saturated heterocycles. The minimum atomic E-state index is -1.92. The minimum Gasteiger partial charge on any atom is -0.394 e. The Morgan fingerprint density at radius 3 is 1.67 bits per heavy atom. The molecule has 3 aliphatic rings. The summed E-state index contributed by atoms with van der Waals surface area (Å²) in [5.74, 6) is -1.07. The summed E-state index contributed by atoms with van der Waals surface area (Å²) in [6.07, 6.45) is -25.4. The predicted molar refractivity (Wildman–Crippen MR) is 156 cm³/mol. The van der Waals surface area contributed by atoms with Crippen molar-refractivity contribution in [2.24, 2.45) is 0 Å². The van der Waals surface area contributed by atoms with Crippen LogP contribution >= 0.6 is 0 Å². The van der Waals surface area contributed by atoms with E-state index in [0.29, 0.717) is 0 Å². The highest BCUT2D eigenvalue weighted by Crippen LogP contribution is 2.31. The average Bonchev–Trinajstić information content (AvgIpc) is 3.04. The minimum absolute atomic E-state index is 0.131. The number of aliphatic hydroxyl groups is 10. The molecule has 3 fully saturated rings. The van der Waals surface area contributed by atoms with Gasteiger partial charge in [0.05, 0.1) is 46.1 Å². The molecule has 0 bridgehead atoms. The smallest absolute Gasteiger partial charge is 0.234 e. The van der Waals surface area contributed by atoms with E-state index in [1.54, 1.807) is 0 Å². The van der Waals surface area contributed by atoms with Crippen molar-refractivity contribution in [1.29, 1.82) is 0 Å². The van der Waals surface area contributed by atoms with Gasteiger partial charge in [-0.2, -0.15) is 0 Å². The Morgan fingerprint density at radius 1 is 0.612 bits per heavy atom. The third kappa shape index (κ3) is 11.1. The molecule has 21 nitrogen and oxygen atoms in total. The predicted octanol–water partition coefficient (Wildman–Crippen LogP) is -7.95. The second kappa shape index (κ2) is 19.1. The van der Waals surface area contributed by atoms with Gasteiger partial charge in [-0.05, 0) is 13.8 Å². The van der Waals surface area contributed by atoms with Crippen molar-refractivity contribution in [3.63, 3.8) is 0 Å². The van der Waals surface area contributed by atoms with Gasteiger partial charge in [-0.15, -0.1) is 0 Å². The largest absolute Gasteiger partial charge is 0.394 e. The van der Waals surface area contributed by atoms with Crippen LogP contribution in [-0.2, 0) is 42.8 Å². The Balaban J connectivity index is 1.69. The van der Waals surface area contributed by atoms with E-state index in [0.717, 1.165) is 0 Å². The van der Waals surface area contributed by atoms with Gasteiger partial charge in [-0.1, -0.05) is 0 Å². The van der Waals surface area contributed by atoms with Gasteiger partial charge >= 0.3 is 0 Å². The van der Waals surface area contributed by atoms with Crippen LogP contribution in [0.3, 0.4) is 0 Å². The first-order chi connectivity index (χ1) is 23.1. The van der Waals surface area contributed by atoms with Crippen molar-refractivity contribution in [3.05, 3.63) is 0 Å². The second-order valence-corrected chi connectivity index (χ2v) is 12.1. The van der Waals surface area contributed by atoms with Crippen LogP contribution in [0.5, 0.6) is 0 Å². The zero-order valence-electron chi connectivity index (χ0n) is 26.9. The van der Waals surface area contributed by atoms with Crippen LogP contribution in [0, 0.1) is 0 Å². The fraction of sp³-hybridized carbons (Fsp3) is 0.893. The van der Waals surface area contributed by atoms with Crippen LogP contribution < -0.4 is 5.32 Å². The van der Waals surface area contributed by atoms with Crippen LogP contribution in [0.25, 0.3) is 0 Å². The van der Waals surface area contributed by atoms with Gasteiger partial charge in [0.15, 0.2) is 18.9 Å². The lowest BCUT2D eigenvalue weighted by Gasteiger charge is -2.46. The standard InChI is InChI=1S/C28H48N2O19/c1-11(33)5-30(6-12(2)34)7-16(35)29-3-4-44-26-23(42)25(48-28-22(41)21(40)18(37)14(9-32)47-28)24(43)27(49-26)45-10-15-19(38)20(39)17(36)13(8-31)46-15/h13-15,17-28,31-32,36-43H,3-10H2,1-2H3,(H,29,35)/t13-,14-,15-,17-,18-,19-,20+,21+,22+,23-,24+,25-,26-,27+,28-/m1/s1. The fourth-order valence-corrected chi connectivity index (χ4v) is 5.50. The Hall–Kier alpha value is -1.87. The maximum Gasteiger partial charge on any atom is 0.234 e. The summed E-state index contributed by atoms with van der Waals surface area (Å²) in [6.45, 7) is -0.561. The number of hydrogen-bond acceptors (Lipinski definition) is 20. The Labute approximate surface area is 280 Å². The number of carbonyl (C=O) groups is 3. The van der Waals surface area contributed by atoms with Gasteiger partial charge in [0.2, 0.25) is 5.91 Å². The van der Waals surface area contributed by atoms with Gasteiger partial charge in [0, 0.05) is 6.54 Å². The highest BCUT2D eigenvalue weighted by atomic mass is 16.8. The number of ketones is 2. The average molecular weight is 717 g/mol. The normalized spacial score (nSPS) is 39.9. The number of rotatable bonds is 17. The van der Waals surface area contributed by atoms with Crippen LogP contribution in [0.2, 0.25) is 0 Å². The maximum atomic E-state index is 12.4. The molecule has 3 aliphatic heterocycles. The topological polar surface area (TPSA) is 324 Å². The van der Waals surface area contributed by atoms with Crippen molar-refractivity contribution < 1.29 is 93.9 Å². The Kier molecular flexibility index (Phi) is 16.2. The third-order valence-electron chi connectivity index (χ3n) is 8.02. The summed E-state index contributed by atoms with van der Waals surface area (Å²) in [4.78, 5) is 36.7. The lowest BCUT2D eigenvalue weighted by molar-refractivity contribution is -0.387. The molecule has 0 spiro atoms. The zero-order chi connectivity index (χ0) is 36.6. The number of ether oxygens (including phenoxy) is 6. The lowest BCUT2D eigenvalue weighted by Crippen LogP contribution is -2.65. The third-order valence-corrected chi connectivity index (χ3v) is 8.02. The second-order valence-electron chi connectivity index (χ2n) is 12.1. The van der Waals surface area contributed by atoms with E-state index in [9.17, 15) is 65.4 Å². The summed E-state index contributed by atoms with van der Waals surface area (Å²) in [5.41, 5.74) is 0. The van der Waals surface area contributed by atoms with Gasteiger partial charge in [-0.25, -0.2) is 0 Å². The van der Waals surface area contributed by atoms with Gasteiger partial charge < -0.3 is 84.8 Å². The number of nitrogens with zero attached hydrogens (tertiary/aromatic N) is 1. The van der Waals surface area contributed by atoms with Crippen LogP contribution in [-0.4, -0.2) is 218 Å². The SMILES string of the molecule is CC(=O)CN(CC(C)=O)CC(=O)NCCO[C@@H]1O[C@H](OC[C@H]2O[C@H](CO)[C@@H](O)[C@H](O)[C@@H]2O)[C@@H](O)[C@H](O[C@H]2O[C@H](CO)[C@@H](O)[C@H](O)[C@@H]2O)[C@H]1O. The van der Waals surface area contributed by atoms with E-state index in [1.165, 1.54) is 18.7 Å². The molecule has 0 aromatic heterocycles. The molecule has 11 N–H and O–H groups in total. The Morgan fingerprint density at radius 2 is 1.12 bits per heavy atom. The molecule has 21 heteroatoms. The van der Waals surface area contributed by atoms with Crippen LogP contribution in [0.15, 0.2) is 0 Å². The highest BCUT2D eigenvalue weighted by molar-refractivity contribution is 5.83. The molecule has 1 amide bonds. The molecule has 0 aromatic carbocycles. The van der Waals surface area contributed by atoms with Gasteiger partial charge in [-0.3, -0.25) is 19.3 Å². The molecular formula is C28H48N2O19. The van der Waals surface area contributed by atoms with E-state index in [2.05, 4.69) is 5.32 Å². The molecule has 284 valence electrons. The molecule has 3 heterocycles. The summed E-state index contributed by atoms with van der Waals surface area (Å²) in [6, 6.07) is 0. The quantitative estimate of drug-likeness (QED) is 0.0623. The molecule has 0 radical (unpaired) electrons. The van der Waals surface area contributed by atoms with E-state index in [4.69, 9.17) is 28.4 Å². The number of aliphatic hydroxyl groups excluding tert-OH is 10. The van der Waals surface area contributed by atoms with Crippen molar-refractivity contribution in [2.75, 3.05) is 52.6 Å². The number of nitrogens with one attached hydrogen (secondary N) is 1. The van der Waals surface area contributed by atoms with E-state index in [-0.39, 0.29) is 44.4 Å². The molecule has 0 saturated carbocycles. The first-order valence-corrected chi connectivity index (χ1v) is 15.6. The fourth-order valence-electron chi connectivity index (χ4n) is 5.50. The molecule has 0 aliphatic carbocycles. The monoisotopic (exact) mass is 716 g/mol. The zero-order valence-corrected chi connectivity index (χ0v) is 26.9. The molecule has 3 rings (SSSR count). The molecule has 15 atom stereocenters. The molecule has 49 heavy (non-hydrogen) atoms. The summed E-state index contributed by atoms with van der Waals surface area (Å²) in [7, 11) is 0. The van der Waals surface area contributed by atoms with Crippen molar-refractivity contribution in [2.45, 2.75) is 106 Å². The number of amides is 1. The van der Waals surface area contributed by atoms with Crippen molar-refractivity contribution in [1.82, 2.24) is 10.2 Å². The Bertz CT molecular complexity index is 1050. The summed E-state index contributed by atoms with van der Waals surface area (Å²) < 4.78 is 33.0. The van der Waals surface area contributed by atoms with Gasteiger partial charge in [0.1, 0.15) is 84.8 Å². The maximum absolute atomic E-state index is 12.4. The van der Waals surface area contributed by atoms with Crippen LogP contribution in [0.1, 0.15) is 13.8 Å². The van der Waals surface area contributed by atoms with Crippen molar-refractivity contribution in [3.8, 4) is 0 Å². The van der Waals surface area contributed by atoms with E-state index >= 15 is 0 Å².